The van der Waals surface area contributed by atoms with E-state index in [1.54, 1.807) is 21.0 Å². The van der Waals surface area contributed by atoms with E-state index in [-0.39, 0.29) is 27.4 Å². The van der Waals surface area contributed by atoms with Gasteiger partial charge in [0, 0.05) is 19.7 Å². The van der Waals surface area contributed by atoms with Crippen molar-refractivity contribution in [3.63, 3.8) is 0 Å². The molecule has 0 atom stereocenters. The minimum atomic E-state index is 0. The van der Waals surface area contributed by atoms with Crippen LogP contribution in [0.25, 0.3) is 0 Å². The van der Waals surface area contributed by atoms with Crippen LogP contribution in [0.2, 0.25) is 0 Å². The second-order valence-corrected chi connectivity index (χ2v) is 5.18. The zero-order valence-electron chi connectivity index (χ0n) is 14.3. The Hall–Kier alpha value is -1.74. The maximum absolute atomic E-state index is 5.44. The molecule has 1 radical (unpaired) electrons. The molecule has 2 N–H and O–H groups in total. The van der Waals surface area contributed by atoms with Crippen molar-refractivity contribution >= 4 is 47.0 Å². The molecule has 7 nitrogen and oxygen atoms in total. The molecule has 0 saturated carbocycles. The van der Waals surface area contributed by atoms with Gasteiger partial charge in [0.25, 0.3) is 0 Å². The fourth-order valence-corrected chi connectivity index (χ4v) is 1.66. The van der Waals surface area contributed by atoms with Crippen molar-refractivity contribution in [3.05, 3.63) is 29.8 Å². The van der Waals surface area contributed by atoms with Crippen LogP contribution in [0, 0.1) is 0 Å². The first-order chi connectivity index (χ1) is 11.5. The Kier molecular flexibility index (Phi) is 11.7. The third-order valence-corrected chi connectivity index (χ3v) is 3.31. The second-order valence-electron chi connectivity index (χ2n) is 4.40. The molecule has 0 unspecified atom stereocenters. The Labute approximate surface area is 169 Å². The third-order valence-electron chi connectivity index (χ3n) is 2.74. The molecule has 0 saturated heterocycles. The normalized spacial score (nSPS) is 13.1. The van der Waals surface area contributed by atoms with Gasteiger partial charge < -0.3 is 40.6 Å². The molecule has 0 amide bonds. The Bertz CT molecular complexity index is 658. The van der Waals surface area contributed by atoms with Gasteiger partial charge in [-0.1, -0.05) is 0 Å². The molecule has 1 aromatic rings. The number of rotatable bonds is 6. The van der Waals surface area contributed by atoms with Crippen molar-refractivity contribution in [3.8, 4) is 5.75 Å². The summed E-state index contributed by atoms with van der Waals surface area (Å²) in [4.78, 5) is 0. The van der Waals surface area contributed by atoms with Crippen LogP contribution in [0.5, 0.6) is 5.75 Å². The quantitative estimate of drug-likeness (QED) is 0.236. The van der Waals surface area contributed by atoms with E-state index in [1.165, 1.54) is 0 Å². The summed E-state index contributed by atoms with van der Waals surface area (Å²) in [6.07, 6.45) is 0. The number of ether oxygens (including phenoxy) is 1. The molecule has 10 heteroatoms. The van der Waals surface area contributed by atoms with Gasteiger partial charge in [0.2, 0.25) is 0 Å². The smallest absolute Gasteiger partial charge is 0.741 e. The van der Waals surface area contributed by atoms with E-state index in [4.69, 9.17) is 30.0 Å². The standard InChI is InChI=1S/C15H22N6OS2.Cu/c1-5-22-12-8-6-11(7-9-12)13(19-21-15(24)17-4)10(2)18-20-14(23)16-3;/h6-9H,5H2,1-4H3,(H2,16,20,23)(H2,17,21,24);/q;+2/p-2. The zero-order valence-corrected chi connectivity index (χ0v) is 16.9. The average Bonchev–Trinajstić information content (AvgIpc) is 2.61. The average molecular weight is 428 g/mol. The van der Waals surface area contributed by atoms with Crippen LogP contribution >= 0.6 is 0 Å². The first-order valence-electron chi connectivity index (χ1n) is 7.22. The Morgan fingerprint density at radius 3 is 1.96 bits per heavy atom. The molecule has 25 heavy (non-hydrogen) atoms. The van der Waals surface area contributed by atoms with Gasteiger partial charge in [-0.3, -0.25) is 0 Å². The number of benzene rings is 1. The molecule has 0 aromatic heterocycles. The molecule has 0 bridgehead atoms. The second kappa shape index (κ2) is 12.6. The summed E-state index contributed by atoms with van der Waals surface area (Å²) in [6.45, 7) is 4.31. The van der Waals surface area contributed by atoms with Crippen molar-refractivity contribution in [2.45, 2.75) is 13.8 Å². The fraction of sp³-hybridized carbons (Fsp3) is 0.333. The van der Waals surface area contributed by atoms with Gasteiger partial charge in [0.15, 0.2) is 0 Å². The molecule has 139 valence electrons. The number of hydrogen-bond acceptors (Lipinski definition) is 7. The van der Waals surface area contributed by atoms with Crippen LogP contribution in [-0.4, -0.2) is 42.5 Å². The predicted molar refractivity (Wildman–Crippen MR) is 105 cm³/mol. The molecule has 1 rings (SSSR count). The maximum Gasteiger partial charge on any atom is 2.00 e. The molecule has 1 aromatic carbocycles. The Morgan fingerprint density at radius 2 is 1.48 bits per heavy atom. The van der Waals surface area contributed by atoms with Gasteiger partial charge >= 0.3 is 17.1 Å². The molecule has 0 aliphatic rings. The van der Waals surface area contributed by atoms with Gasteiger partial charge in [-0.05, 0) is 48.4 Å². The molecule has 0 heterocycles. The Morgan fingerprint density at radius 1 is 0.960 bits per heavy atom. The van der Waals surface area contributed by atoms with E-state index in [1.807, 2.05) is 31.2 Å². The molecular weight excluding hydrogens is 408 g/mol. The first kappa shape index (κ1) is 23.3. The predicted octanol–water partition coefficient (Wildman–Crippen LogP) is 1.41. The monoisotopic (exact) mass is 427 g/mol. The maximum atomic E-state index is 5.44. The van der Waals surface area contributed by atoms with Gasteiger partial charge in [-0.2, -0.15) is 15.3 Å². The van der Waals surface area contributed by atoms with E-state index < -0.39 is 0 Å². The van der Waals surface area contributed by atoms with Crippen molar-refractivity contribution in [1.82, 2.24) is 10.6 Å². The van der Waals surface area contributed by atoms with Crippen molar-refractivity contribution in [2.75, 3.05) is 20.7 Å². The van der Waals surface area contributed by atoms with E-state index in [0.29, 0.717) is 18.0 Å². The van der Waals surface area contributed by atoms with E-state index in [0.717, 1.165) is 11.3 Å². The minimum absolute atomic E-state index is 0. The van der Waals surface area contributed by atoms with E-state index in [9.17, 15) is 0 Å². The summed E-state index contributed by atoms with van der Waals surface area (Å²) in [6, 6.07) is 7.45. The van der Waals surface area contributed by atoms with Crippen molar-refractivity contribution in [2.24, 2.45) is 20.4 Å². The van der Waals surface area contributed by atoms with Gasteiger partial charge in [0.05, 0.1) is 12.3 Å². The summed E-state index contributed by atoms with van der Waals surface area (Å²) in [7, 11) is 3.36. The van der Waals surface area contributed by atoms with Crippen LogP contribution in [0.3, 0.4) is 0 Å². The molecule has 0 fully saturated rings. The topological polar surface area (TPSA) is 82.7 Å². The number of amidine groups is 2. The molecule has 0 aliphatic heterocycles. The zero-order chi connectivity index (χ0) is 17.9. The van der Waals surface area contributed by atoms with Gasteiger partial charge in [-0.15, -0.1) is 5.10 Å². The van der Waals surface area contributed by atoms with Crippen LogP contribution < -0.4 is 15.4 Å². The number of hydrogen-bond donors (Lipinski definition) is 2. The van der Waals surface area contributed by atoms with Crippen LogP contribution in [0.15, 0.2) is 44.7 Å². The Balaban J connectivity index is 0.00000576. The molecule has 0 aliphatic carbocycles. The SMILES string of the molecule is CCOc1ccc(C(=NN=C([S-])NC)C(C)=NN=C([S-])NC)cc1.[Cu+2]. The first-order valence-corrected chi connectivity index (χ1v) is 8.04. The largest absolute Gasteiger partial charge is 2.00 e. The van der Waals surface area contributed by atoms with Crippen molar-refractivity contribution < 1.29 is 21.8 Å². The van der Waals surface area contributed by atoms with Gasteiger partial charge in [-0.25, -0.2) is 0 Å². The van der Waals surface area contributed by atoms with Crippen LogP contribution in [0.4, 0.5) is 0 Å². The van der Waals surface area contributed by atoms with Crippen LogP contribution in [0.1, 0.15) is 19.4 Å². The van der Waals surface area contributed by atoms with Crippen LogP contribution in [-0.2, 0) is 42.3 Å². The summed E-state index contributed by atoms with van der Waals surface area (Å²) < 4.78 is 5.44. The van der Waals surface area contributed by atoms with E-state index >= 15 is 0 Å². The van der Waals surface area contributed by atoms with Crippen molar-refractivity contribution in [1.29, 1.82) is 0 Å². The number of nitrogens with one attached hydrogen (secondary N) is 2. The molecule has 0 spiro atoms. The summed E-state index contributed by atoms with van der Waals surface area (Å²) in [5.74, 6) is 0.777. The van der Waals surface area contributed by atoms with E-state index in [2.05, 4.69) is 31.0 Å². The summed E-state index contributed by atoms with van der Waals surface area (Å²) >= 11 is 9.94. The fourth-order valence-electron chi connectivity index (χ4n) is 1.58. The summed E-state index contributed by atoms with van der Waals surface area (Å²) in [5, 5.41) is 22.1. The van der Waals surface area contributed by atoms with Gasteiger partial charge in [0.1, 0.15) is 11.5 Å². The summed E-state index contributed by atoms with van der Waals surface area (Å²) in [5.41, 5.74) is 1.91. The number of nitrogens with zero attached hydrogens (tertiary/aromatic N) is 4. The molecular formula is C15H20CuN6OS2. The third kappa shape index (κ3) is 8.26. The minimum Gasteiger partial charge on any atom is -0.741 e.